The maximum Gasteiger partial charge on any atom is 0.0884 e. The highest BCUT2D eigenvalue weighted by Gasteiger charge is 1.89. The van der Waals surface area contributed by atoms with Crippen LogP contribution in [0.3, 0.4) is 0 Å². The van der Waals surface area contributed by atoms with Gasteiger partial charge in [-0.25, -0.2) is 0 Å². The molecule has 0 fully saturated rings. The Morgan fingerprint density at radius 2 is 2.11 bits per heavy atom. The molecule has 0 N–H and O–H groups in total. The molecule has 9 heavy (non-hydrogen) atoms. The molecule has 0 aliphatic rings. The first-order valence-corrected chi connectivity index (χ1v) is 3.37. The van der Waals surface area contributed by atoms with E-state index in [4.69, 9.17) is 4.74 Å². The van der Waals surface area contributed by atoms with Crippen molar-refractivity contribution in [3.05, 3.63) is 11.8 Å². The summed E-state index contributed by atoms with van der Waals surface area (Å²) in [4.78, 5) is 0. The van der Waals surface area contributed by atoms with E-state index in [1.807, 2.05) is 6.92 Å². The molecule has 0 atom stereocenters. The Balaban J connectivity index is 3.43. The van der Waals surface area contributed by atoms with Crippen LogP contribution in [0, 0.1) is 5.92 Å². The fourth-order valence-electron chi connectivity index (χ4n) is 0.485. The maximum absolute atomic E-state index is 4.96. The monoisotopic (exact) mass is 128 g/mol. The summed E-state index contributed by atoms with van der Waals surface area (Å²) in [6.45, 7) is 6.36. The van der Waals surface area contributed by atoms with Crippen LogP contribution in [0.15, 0.2) is 11.8 Å². The zero-order valence-electron chi connectivity index (χ0n) is 6.77. The van der Waals surface area contributed by atoms with Gasteiger partial charge < -0.3 is 4.74 Å². The van der Waals surface area contributed by atoms with Crippen molar-refractivity contribution in [2.45, 2.75) is 27.2 Å². The third kappa shape index (κ3) is 5.41. The molecular formula is C8H16O. The summed E-state index contributed by atoms with van der Waals surface area (Å²) in [5.74, 6) is 1.75. The average molecular weight is 128 g/mol. The molecule has 1 nitrogen and oxygen atoms in total. The number of rotatable bonds is 3. The molecule has 0 rings (SSSR count). The highest BCUT2D eigenvalue weighted by Crippen LogP contribution is 2.03. The van der Waals surface area contributed by atoms with E-state index in [1.165, 1.54) is 0 Å². The van der Waals surface area contributed by atoms with E-state index in [1.54, 1.807) is 7.11 Å². The Bertz CT molecular complexity index is 92.7. The predicted molar refractivity (Wildman–Crippen MR) is 40.2 cm³/mol. The van der Waals surface area contributed by atoms with Gasteiger partial charge in [-0.1, -0.05) is 13.8 Å². The molecular weight excluding hydrogens is 112 g/mol. The normalized spacial score (nSPS) is 12.3. The van der Waals surface area contributed by atoms with Gasteiger partial charge in [0.25, 0.3) is 0 Å². The van der Waals surface area contributed by atoms with Crippen molar-refractivity contribution in [1.29, 1.82) is 0 Å². The second kappa shape index (κ2) is 4.42. The van der Waals surface area contributed by atoms with Crippen LogP contribution in [0.4, 0.5) is 0 Å². The lowest BCUT2D eigenvalue weighted by molar-refractivity contribution is 0.291. The van der Waals surface area contributed by atoms with Gasteiger partial charge in [0.2, 0.25) is 0 Å². The van der Waals surface area contributed by atoms with Gasteiger partial charge >= 0.3 is 0 Å². The van der Waals surface area contributed by atoms with Crippen LogP contribution in [0.2, 0.25) is 0 Å². The molecule has 0 aromatic rings. The van der Waals surface area contributed by atoms with Gasteiger partial charge in [0.15, 0.2) is 0 Å². The Kier molecular flexibility index (Phi) is 4.20. The van der Waals surface area contributed by atoms with Crippen LogP contribution in [0.1, 0.15) is 27.2 Å². The van der Waals surface area contributed by atoms with Gasteiger partial charge in [0.05, 0.1) is 12.9 Å². The van der Waals surface area contributed by atoms with Crippen LogP contribution in [-0.4, -0.2) is 7.11 Å². The SMILES string of the molecule is CO/C(C)=C\CC(C)C. The third-order valence-electron chi connectivity index (χ3n) is 1.20. The molecule has 54 valence electrons. The molecule has 0 heterocycles. The van der Waals surface area contributed by atoms with Gasteiger partial charge in [0.1, 0.15) is 0 Å². The average Bonchev–Trinajstić information content (AvgIpc) is 1.83. The zero-order valence-corrected chi connectivity index (χ0v) is 6.77. The highest BCUT2D eigenvalue weighted by molar-refractivity contribution is 4.88. The molecule has 0 unspecified atom stereocenters. The van der Waals surface area contributed by atoms with Gasteiger partial charge in [-0.05, 0) is 25.3 Å². The van der Waals surface area contributed by atoms with E-state index in [0.29, 0.717) is 0 Å². The molecule has 0 saturated carbocycles. The van der Waals surface area contributed by atoms with Gasteiger partial charge in [-0.15, -0.1) is 0 Å². The van der Waals surface area contributed by atoms with Crippen molar-refractivity contribution in [2.75, 3.05) is 7.11 Å². The molecule has 0 aromatic heterocycles. The number of hydrogen-bond acceptors (Lipinski definition) is 1. The number of ether oxygens (including phenoxy) is 1. The van der Waals surface area contributed by atoms with E-state index < -0.39 is 0 Å². The van der Waals surface area contributed by atoms with E-state index in [-0.39, 0.29) is 0 Å². The maximum atomic E-state index is 4.96. The van der Waals surface area contributed by atoms with Gasteiger partial charge in [-0.2, -0.15) is 0 Å². The van der Waals surface area contributed by atoms with Gasteiger partial charge in [0, 0.05) is 0 Å². The first kappa shape index (κ1) is 8.54. The molecule has 0 bridgehead atoms. The van der Waals surface area contributed by atoms with Crippen molar-refractivity contribution in [3.63, 3.8) is 0 Å². The zero-order chi connectivity index (χ0) is 7.28. The van der Waals surface area contributed by atoms with Crippen LogP contribution in [0.25, 0.3) is 0 Å². The Morgan fingerprint density at radius 3 is 2.44 bits per heavy atom. The summed E-state index contributed by atoms with van der Waals surface area (Å²) in [6, 6.07) is 0. The van der Waals surface area contributed by atoms with Crippen LogP contribution in [0.5, 0.6) is 0 Å². The number of hydrogen-bond donors (Lipinski definition) is 0. The first-order valence-electron chi connectivity index (χ1n) is 3.37. The number of methoxy groups -OCH3 is 1. The topological polar surface area (TPSA) is 9.23 Å². The molecule has 0 aliphatic heterocycles. The first-order chi connectivity index (χ1) is 4.16. The minimum atomic E-state index is 0.732. The van der Waals surface area contributed by atoms with Crippen molar-refractivity contribution < 1.29 is 4.74 Å². The lowest BCUT2D eigenvalue weighted by Crippen LogP contribution is -1.85. The lowest BCUT2D eigenvalue weighted by Gasteiger charge is -2.00. The fraction of sp³-hybridized carbons (Fsp3) is 0.750. The summed E-state index contributed by atoms with van der Waals surface area (Å²) in [6.07, 6.45) is 3.23. The third-order valence-corrected chi connectivity index (χ3v) is 1.20. The van der Waals surface area contributed by atoms with E-state index in [2.05, 4.69) is 19.9 Å². The summed E-state index contributed by atoms with van der Waals surface area (Å²) in [5, 5.41) is 0. The summed E-state index contributed by atoms with van der Waals surface area (Å²) in [7, 11) is 1.70. The van der Waals surface area contributed by atoms with E-state index in [0.717, 1.165) is 18.1 Å². The van der Waals surface area contributed by atoms with Crippen molar-refractivity contribution in [3.8, 4) is 0 Å². The van der Waals surface area contributed by atoms with Crippen LogP contribution < -0.4 is 0 Å². The largest absolute Gasteiger partial charge is 0.502 e. The fourth-order valence-corrected chi connectivity index (χ4v) is 0.485. The molecule has 0 aliphatic carbocycles. The quantitative estimate of drug-likeness (QED) is 0.531. The number of allylic oxidation sites excluding steroid dienone is 2. The van der Waals surface area contributed by atoms with Crippen molar-refractivity contribution in [1.82, 2.24) is 0 Å². The predicted octanol–water partition coefficient (Wildman–Crippen LogP) is 2.58. The molecule has 0 aromatic carbocycles. The van der Waals surface area contributed by atoms with Crippen LogP contribution >= 0.6 is 0 Å². The Hall–Kier alpha value is -0.460. The molecule has 0 spiro atoms. The summed E-state index contributed by atoms with van der Waals surface area (Å²) < 4.78 is 4.96. The minimum Gasteiger partial charge on any atom is -0.502 e. The second-order valence-electron chi connectivity index (χ2n) is 2.65. The lowest BCUT2D eigenvalue weighted by atomic mass is 10.1. The Morgan fingerprint density at radius 1 is 1.56 bits per heavy atom. The van der Waals surface area contributed by atoms with Gasteiger partial charge in [-0.3, -0.25) is 0 Å². The standard InChI is InChI=1S/C8H16O/c1-7(2)5-6-8(3)9-4/h6-7H,5H2,1-4H3/b8-6-. The molecule has 0 amide bonds. The summed E-state index contributed by atoms with van der Waals surface area (Å²) in [5.41, 5.74) is 0. The Labute approximate surface area is 57.7 Å². The smallest absolute Gasteiger partial charge is 0.0884 e. The minimum absolute atomic E-state index is 0.732. The molecule has 0 radical (unpaired) electrons. The molecule has 1 heteroatoms. The van der Waals surface area contributed by atoms with E-state index in [9.17, 15) is 0 Å². The molecule has 0 saturated heterocycles. The van der Waals surface area contributed by atoms with Crippen molar-refractivity contribution in [2.24, 2.45) is 5.92 Å². The second-order valence-corrected chi connectivity index (χ2v) is 2.65. The summed E-state index contributed by atoms with van der Waals surface area (Å²) >= 11 is 0. The van der Waals surface area contributed by atoms with E-state index >= 15 is 0 Å². The van der Waals surface area contributed by atoms with Crippen LogP contribution in [-0.2, 0) is 4.74 Å². The van der Waals surface area contributed by atoms with Crippen molar-refractivity contribution >= 4 is 0 Å². The highest BCUT2D eigenvalue weighted by atomic mass is 16.5.